The van der Waals surface area contributed by atoms with Crippen LogP contribution in [0.15, 0.2) is 48.5 Å². The summed E-state index contributed by atoms with van der Waals surface area (Å²) in [6.07, 6.45) is -0.629. The SMILES string of the molecule is CC(=O)c1cccc(OC[C@H](O)CN(C)Cc2nc3ccccc3s2)c1. The van der Waals surface area contributed by atoms with Crippen molar-refractivity contribution in [1.82, 2.24) is 9.88 Å². The number of thiazole rings is 1. The van der Waals surface area contributed by atoms with E-state index >= 15 is 0 Å². The second-order valence-corrected chi connectivity index (χ2v) is 7.44. The van der Waals surface area contributed by atoms with Crippen LogP contribution in [0.5, 0.6) is 5.75 Å². The van der Waals surface area contributed by atoms with Crippen molar-refractivity contribution in [3.8, 4) is 5.75 Å². The van der Waals surface area contributed by atoms with E-state index in [1.165, 1.54) is 11.6 Å². The molecule has 6 heteroatoms. The van der Waals surface area contributed by atoms with E-state index in [1.807, 2.05) is 30.1 Å². The van der Waals surface area contributed by atoms with E-state index in [4.69, 9.17) is 4.74 Å². The zero-order valence-electron chi connectivity index (χ0n) is 14.9. The third-order valence-corrected chi connectivity index (χ3v) is 4.97. The van der Waals surface area contributed by atoms with Gasteiger partial charge >= 0.3 is 0 Å². The molecule has 3 aromatic rings. The second-order valence-electron chi connectivity index (χ2n) is 6.32. The molecule has 5 nitrogen and oxygen atoms in total. The predicted octanol–water partition coefficient (Wildman–Crippen LogP) is 3.37. The Kier molecular flexibility index (Phi) is 5.98. The Labute approximate surface area is 156 Å². The van der Waals surface area contributed by atoms with Crippen LogP contribution in [0.1, 0.15) is 22.3 Å². The van der Waals surface area contributed by atoms with Gasteiger partial charge in [0.2, 0.25) is 0 Å². The van der Waals surface area contributed by atoms with Crippen LogP contribution in [0.2, 0.25) is 0 Å². The fourth-order valence-corrected chi connectivity index (χ4v) is 3.74. The number of carbonyl (C=O) groups excluding carboxylic acids is 1. The Morgan fingerprint density at radius 2 is 2.08 bits per heavy atom. The van der Waals surface area contributed by atoms with Crippen molar-refractivity contribution in [2.45, 2.75) is 19.6 Å². The van der Waals surface area contributed by atoms with Gasteiger partial charge in [0.25, 0.3) is 0 Å². The van der Waals surface area contributed by atoms with Crippen LogP contribution in [-0.4, -0.2) is 47.1 Å². The quantitative estimate of drug-likeness (QED) is 0.616. The van der Waals surface area contributed by atoms with Crippen LogP contribution < -0.4 is 4.74 Å². The summed E-state index contributed by atoms with van der Waals surface area (Å²) in [6.45, 7) is 2.84. The number of rotatable bonds is 8. The molecular weight excluding hydrogens is 348 g/mol. The molecule has 0 saturated heterocycles. The summed E-state index contributed by atoms with van der Waals surface area (Å²) >= 11 is 1.67. The molecule has 0 bridgehead atoms. The van der Waals surface area contributed by atoms with Crippen molar-refractivity contribution in [3.05, 3.63) is 59.1 Å². The lowest BCUT2D eigenvalue weighted by Crippen LogP contribution is -2.32. The average molecular weight is 370 g/mol. The lowest BCUT2D eigenvalue weighted by molar-refractivity contribution is 0.0743. The van der Waals surface area contributed by atoms with Crippen molar-refractivity contribution in [3.63, 3.8) is 0 Å². The number of carbonyl (C=O) groups is 1. The number of ether oxygens (including phenoxy) is 1. The normalized spacial score (nSPS) is 12.5. The first-order valence-electron chi connectivity index (χ1n) is 8.46. The van der Waals surface area contributed by atoms with Crippen molar-refractivity contribution in [1.29, 1.82) is 0 Å². The smallest absolute Gasteiger partial charge is 0.159 e. The molecule has 0 unspecified atom stereocenters. The van der Waals surface area contributed by atoms with E-state index in [1.54, 1.807) is 35.6 Å². The summed E-state index contributed by atoms with van der Waals surface area (Å²) in [5, 5.41) is 11.3. The highest BCUT2D eigenvalue weighted by Gasteiger charge is 2.12. The Bertz CT molecular complexity index is 860. The summed E-state index contributed by atoms with van der Waals surface area (Å²) in [6, 6.07) is 15.1. The van der Waals surface area contributed by atoms with Crippen LogP contribution >= 0.6 is 11.3 Å². The standard InChI is InChI=1S/C20H22N2O3S/c1-14(23)15-6-5-7-17(10-15)25-13-16(24)11-22(2)12-20-21-18-8-3-4-9-19(18)26-20/h3-10,16,24H,11-13H2,1-2H3/t16-/m1/s1. The van der Waals surface area contributed by atoms with Gasteiger partial charge in [0.15, 0.2) is 5.78 Å². The van der Waals surface area contributed by atoms with E-state index in [0.717, 1.165) is 10.5 Å². The maximum atomic E-state index is 11.4. The first-order valence-corrected chi connectivity index (χ1v) is 9.28. The van der Waals surface area contributed by atoms with E-state index in [9.17, 15) is 9.90 Å². The molecule has 0 spiro atoms. The van der Waals surface area contributed by atoms with Crippen LogP contribution in [0.4, 0.5) is 0 Å². The number of likely N-dealkylation sites (N-methyl/N-ethyl adjacent to an activating group) is 1. The van der Waals surface area contributed by atoms with Crippen molar-refractivity contribution < 1.29 is 14.6 Å². The number of nitrogens with zero attached hydrogens (tertiary/aromatic N) is 2. The first kappa shape index (κ1) is 18.5. The number of aliphatic hydroxyl groups excluding tert-OH is 1. The number of hydrogen-bond donors (Lipinski definition) is 1. The summed E-state index contributed by atoms with van der Waals surface area (Å²) < 4.78 is 6.79. The molecule has 0 aliphatic carbocycles. The number of ketones is 1. The summed E-state index contributed by atoms with van der Waals surface area (Å²) in [4.78, 5) is 18.0. The lowest BCUT2D eigenvalue weighted by Gasteiger charge is -2.19. The molecule has 0 saturated carbocycles. The minimum Gasteiger partial charge on any atom is -0.491 e. The third-order valence-electron chi connectivity index (χ3n) is 3.95. The molecule has 136 valence electrons. The van der Waals surface area contributed by atoms with Gasteiger partial charge in [0.05, 0.1) is 16.8 Å². The number of aromatic nitrogens is 1. The number of fused-ring (bicyclic) bond motifs is 1. The number of hydrogen-bond acceptors (Lipinski definition) is 6. The molecule has 0 radical (unpaired) electrons. The molecule has 1 heterocycles. The van der Waals surface area contributed by atoms with Gasteiger partial charge in [-0.25, -0.2) is 4.98 Å². The van der Waals surface area contributed by atoms with Crippen molar-refractivity contribution in [2.75, 3.05) is 20.2 Å². The largest absolute Gasteiger partial charge is 0.491 e. The monoisotopic (exact) mass is 370 g/mol. The number of Topliss-reactive ketones (excluding diaryl/α,β-unsaturated/α-hetero) is 1. The molecule has 0 aliphatic heterocycles. The molecular formula is C20H22N2O3S. The van der Waals surface area contributed by atoms with E-state index in [2.05, 4.69) is 11.1 Å². The van der Waals surface area contributed by atoms with Gasteiger partial charge in [0.1, 0.15) is 23.5 Å². The van der Waals surface area contributed by atoms with Gasteiger partial charge in [0, 0.05) is 12.1 Å². The fourth-order valence-electron chi connectivity index (χ4n) is 2.69. The third kappa shape index (κ3) is 4.88. The Morgan fingerprint density at radius 3 is 2.85 bits per heavy atom. The zero-order chi connectivity index (χ0) is 18.5. The van der Waals surface area contributed by atoms with Crippen LogP contribution in [0.25, 0.3) is 10.2 Å². The summed E-state index contributed by atoms with van der Waals surface area (Å²) in [7, 11) is 1.95. The number of benzene rings is 2. The molecule has 2 aromatic carbocycles. The van der Waals surface area contributed by atoms with E-state index < -0.39 is 6.10 Å². The van der Waals surface area contributed by atoms with Gasteiger partial charge in [-0.15, -0.1) is 11.3 Å². The van der Waals surface area contributed by atoms with E-state index in [0.29, 0.717) is 24.4 Å². The number of aliphatic hydroxyl groups is 1. The minimum atomic E-state index is -0.629. The first-order chi connectivity index (χ1) is 12.5. The maximum Gasteiger partial charge on any atom is 0.159 e. The van der Waals surface area contributed by atoms with E-state index in [-0.39, 0.29) is 12.4 Å². The van der Waals surface area contributed by atoms with Gasteiger partial charge in [-0.1, -0.05) is 24.3 Å². The molecule has 26 heavy (non-hydrogen) atoms. The number of para-hydroxylation sites is 1. The summed E-state index contributed by atoms with van der Waals surface area (Å²) in [5.41, 5.74) is 1.61. The highest BCUT2D eigenvalue weighted by molar-refractivity contribution is 7.18. The average Bonchev–Trinajstić information content (AvgIpc) is 3.02. The highest BCUT2D eigenvalue weighted by Crippen LogP contribution is 2.22. The molecule has 3 rings (SSSR count). The summed E-state index contributed by atoms with van der Waals surface area (Å²) in [5.74, 6) is 0.581. The molecule has 1 atom stereocenters. The Balaban J connectivity index is 1.50. The molecule has 1 N–H and O–H groups in total. The molecule has 0 amide bonds. The Hall–Kier alpha value is -2.28. The van der Waals surface area contributed by atoms with Gasteiger partial charge in [-0.2, -0.15) is 0 Å². The maximum absolute atomic E-state index is 11.4. The zero-order valence-corrected chi connectivity index (χ0v) is 15.7. The fraction of sp³-hybridized carbons (Fsp3) is 0.300. The van der Waals surface area contributed by atoms with Crippen LogP contribution in [0.3, 0.4) is 0 Å². The van der Waals surface area contributed by atoms with Crippen LogP contribution in [-0.2, 0) is 6.54 Å². The van der Waals surface area contributed by atoms with Gasteiger partial charge in [-0.05, 0) is 38.2 Å². The lowest BCUT2D eigenvalue weighted by atomic mass is 10.1. The van der Waals surface area contributed by atoms with Gasteiger partial charge < -0.3 is 9.84 Å². The molecule has 0 fully saturated rings. The molecule has 0 aliphatic rings. The van der Waals surface area contributed by atoms with Crippen molar-refractivity contribution in [2.24, 2.45) is 0 Å². The van der Waals surface area contributed by atoms with Crippen LogP contribution in [0, 0.1) is 0 Å². The van der Waals surface area contributed by atoms with Crippen molar-refractivity contribution >= 4 is 27.3 Å². The van der Waals surface area contributed by atoms with Gasteiger partial charge in [-0.3, -0.25) is 9.69 Å². The topological polar surface area (TPSA) is 62.7 Å². The highest BCUT2D eigenvalue weighted by atomic mass is 32.1. The Morgan fingerprint density at radius 1 is 1.27 bits per heavy atom. The minimum absolute atomic E-state index is 0.00781. The molecule has 1 aromatic heterocycles. The second kappa shape index (κ2) is 8.40. The predicted molar refractivity (Wildman–Crippen MR) is 104 cm³/mol.